The zero-order chi connectivity index (χ0) is 15.3. The highest BCUT2D eigenvalue weighted by Crippen LogP contribution is 2.15. The van der Waals surface area contributed by atoms with Crippen LogP contribution in [0.25, 0.3) is 0 Å². The van der Waals surface area contributed by atoms with Crippen LogP contribution >= 0.6 is 0 Å². The summed E-state index contributed by atoms with van der Waals surface area (Å²) in [6, 6.07) is 3.92. The van der Waals surface area contributed by atoms with Gasteiger partial charge in [-0.2, -0.15) is 0 Å². The Morgan fingerprint density at radius 1 is 1.20 bits per heavy atom. The summed E-state index contributed by atoms with van der Waals surface area (Å²) in [5, 5.41) is 15.5. The van der Waals surface area contributed by atoms with Gasteiger partial charge in [-0.3, -0.25) is 19.7 Å². The highest BCUT2D eigenvalue weighted by Gasteiger charge is 2.17. The first-order valence-corrected chi connectivity index (χ1v) is 5.92. The normalized spacial score (nSPS) is 13.2. The lowest BCUT2D eigenvalue weighted by atomic mass is 10.2. The number of non-ortho nitro benzene ring substituents is 1. The number of carbonyl (C=O) groups is 2. The number of amides is 2. The van der Waals surface area contributed by atoms with Gasteiger partial charge < -0.3 is 16.4 Å². The fourth-order valence-corrected chi connectivity index (χ4v) is 1.33. The van der Waals surface area contributed by atoms with Crippen LogP contribution < -0.4 is 16.4 Å². The quantitative estimate of drug-likeness (QED) is 0.531. The molecule has 0 saturated carbocycles. The highest BCUT2D eigenvalue weighted by molar-refractivity contribution is 5.97. The van der Waals surface area contributed by atoms with Crippen molar-refractivity contribution in [3.05, 3.63) is 34.4 Å². The van der Waals surface area contributed by atoms with Crippen molar-refractivity contribution < 1.29 is 14.5 Å². The second-order valence-corrected chi connectivity index (χ2v) is 4.31. The smallest absolute Gasteiger partial charge is 0.269 e. The largest absolute Gasteiger partial charge is 0.343 e. The van der Waals surface area contributed by atoms with Crippen molar-refractivity contribution in [2.45, 2.75) is 25.9 Å². The fraction of sp³-hybridized carbons (Fsp3) is 0.333. The molecule has 2 unspecified atom stereocenters. The Kier molecular flexibility index (Phi) is 5.15. The standard InChI is InChI=1S/C12H16N4O4/c1-7(13)11(17)14-8(2)12(18)15-9-3-5-10(6-4-9)16(19)20/h3-8H,13H2,1-2H3,(H,14,17)(H,15,18). The number of nitrogens with zero attached hydrogens (tertiary/aromatic N) is 1. The van der Waals surface area contributed by atoms with E-state index in [1.54, 1.807) is 0 Å². The molecule has 2 atom stereocenters. The zero-order valence-electron chi connectivity index (χ0n) is 11.1. The molecule has 2 amide bonds. The van der Waals surface area contributed by atoms with Crippen molar-refractivity contribution in [2.75, 3.05) is 5.32 Å². The maximum atomic E-state index is 11.8. The van der Waals surface area contributed by atoms with Crippen molar-refractivity contribution in [2.24, 2.45) is 5.73 Å². The van der Waals surface area contributed by atoms with Gasteiger partial charge in [0.25, 0.3) is 5.69 Å². The molecule has 8 heteroatoms. The molecule has 1 aromatic carbocycles. The Balaban J connectivity index is 2.61. The molecule has 4 N–H and O–H groups in total. The number of benzene rings is 1. The maximum absolute atomic E-state index is 11.8. The molecule has 8 nitrogen and oxygen atoms in total. The van der Waals surface area contributed by atoms with Gasteiger partial charge >= 0.3 is 0 Å². The number of anilines is 1. The van der Waals surface area contributed by atoms with E-state index in [1.165, 1.54) is 38.1 Å². The van der Waals surface area contributed by atoms with E-state index >= 15 is 0 Å². The van der Waals surface area contributed by atoms with Crippen LogP contribution in [0.5, 0.6) is 0 Å². The monoisotopic (exact) mass is 280 g/mol. The van der Waals surface area contributed by atoms with E-state index in [0.717, 1.165) is 0 Å². The fourth-order valence-electron chi connectivity index (χ4n) is 1.33. The molecule has 108 valence electrons. The minimum Gasteiger partial charge on any atom is -0.343 e. The number of hydrogen-bond acceptors (Lipinski definition) is 5. The van der Waals surface area contributed by atoms with E-state index in [4.69, 9.17) is 5.73 Å². The van der Waals surface area contributed by atoms with Crippen LogP contribution in [-0.4, -0.2) is 28.8 Å². The predicted octanol–water partition coefficient (Wildman–Crippen LogP) is 0.385. The minimum atomic E-state index is -0.760. The van der Waals surface area contributed by atoms with Crippen LogP contribution in [-0.2, 0) is 9.59 Å². The van der Waals surface area contributed by atoms with Crippen molar-refractivity contribution >= 4 is 23.2 Å². The average Bonchev–Trinajstić information content (AvgIpc) is 2.38. The van der Waals surface area contributed by atoms with E-state index in [9.17, 15) is 19.7 Å². The maximum Gasteiger partial charge on any atom is 0.269 e. The SMILES string of the molecule is CC(N)C(=O)NC(C)C(=O)Nc1ccc([N+](=O)[O-])cc1. The molecule has 0 bridgehead atoms. The van der Waals surface area contributed by atoms with E-state index in [1.807, 2.05) is 0 Å². The van der Waals surface area contributed by atoms with Gasteiger partial charge in [0.05, 0.1) is 11.0 Å². The summed E-state index contributed by atoms with van der Waals surface area (Å²) in [7, 11) is 0. The summed E-state index contributed by atoms with van der Waals surface area (Å²) < 4.78 is 0. The Hall–Kier alpha value is -2.48. The number of nitrogens with two attached hydrogens (primary N) is 1. The Labute approximate surface area is 115 Å². The van der Waals surface area contributed by atoms with Gasteiger partial charge in [0.15, 0.2) is 0 Å². The number of carbonyl (C=O) groups excluding carboxylic acids is 2. The Morgan fingerprint density at radius 3 is 2.20 bits per heavy atom. The van der Waals surface area contributed by atoms with Crippen LogP contribution in [0.4, 0.5) is 11.4 Å². The predicted molar refractivity (Wildman–Crippen MR) is 73.0 cm³/mol. The molecule has 0 fully saturated rings. The second-order valence-electron chi connectivity index (χ2n) is 4.31. The second kappa shape index (κ2) is 6.62. The lowest BCUT2D eigenvalue weighted by molar-refractivity contribution is -0.384. The zero-order valence-corrected chi connectivity index (χ0v) is 11.1. The first-order chi connectivity index (χ1) is 9.31. The van der Waals surface area contributed by atoms with Gasteiger partial charge in [0, 0.05) is 17.8 Å². The number of hydrogen-bond donors (Lipinski definition) is 3. The lowest BCUT2D eigenvalue weighted by Crippen LogP contribution is -2.47. The highest BCUT2D eigenvalue weighted by atomic mass is 16.6. The van der Waals surface area contributed by atoms with Crippen molar-refractivity contribution in [1.82, 2.24) is 5.32 Å². The third kappa shape index (κ3) is 4.32. The topological polar surface area (TPSA) is 127 Å². The van der Waals surface area contributed by atoms with Gasteiger partial charge in [0.1, 0.15) is 6.04 Å². The summed E-state index contributed by atoms with van der Waals surface area (Å²) in [4.78, 5) is 33.1. The van der Waals surface area contributed by atoms with E-state index < -0.39 is 28.8 Å². The Morgan fingerprint density at radius 2 is 1.75 bits per heavy atom. The Bertz CT molecular complexity index is 513. The van der Waals surface area contributed by atoms with Crippen LogP contribution in [0.1, 0.15) is 13.8 Å². The summed E-state index contributed by atoms with van der Waals surface area (Å²) in [5.74, 6) is -0.871. The molecule has 0 aliphatic heterocycles. The molecule has 0 aliphatic carbocycles. The van der Waals surface area contributed by atoms with E-state index in [-0.39, 0.29) is 5.69 Å². The van der Waals surface area contributed by atoms with Gasteiger partial charge in [0.2, 0.25) is 11.8 Å². The molecule has 0 aliphatic rings. The number of nitrogens with one attached hydrogen (secondary N) is 2. The van der Waals surface area contributed by atoms with Gasteiger partial charge in [-0.1, -0.05) is 0 Å². The molecule has 1 aromatic rings. The van der Waals surface area contributed by atoms with Crippen LogP contribution in [0.2, 0.25) is 0 Å². The summed E-state index contributed by atoms with van der Waals surface area (Å²) in [6.45, 7) is 3.03. The van der Waals surface area contributed by atoms with Crippen LogP contribution in [0.15, 0.2) is 24.3 Å². The molecule has 0 radical (unpaired) electrons. The molecule has 0 saturated heterocycles. The molecule has 0 heterocycles. The lowest BCUT2D eigenvalue weighted by Gasteiger charge is -2.15. The summed E-state index contributed by atoms with van der Waals surface area (Å²) >= 11 is 0. The molecule has 0 spiro atoms. The van der Waals surface area contributed by atoms with E-state index in [2.05, 4.69) is 10.6 Å². The molecule has 0 aromatic heterocycles. The minimum absolute atomic E-state index is 0.0682. The number of nitro benzene ring substituents is 1. The average molecular weight is 280 g/mol. The van der Waals surface area contributed by atoms with Gasteiger partial charge in [-0.15, -0.1) is 0 Å². The van der Waals surface area contributed by atoms with Gasteiger partial charge in [-0.25, -0.2) is 0 Å². The third-order valence-electron chi connectivity index (χ3n) is 2.51. The van der Waals surface area contributed by atoms with Gasteiger partial charge in [-0.05, 0) is 26.0 Å². The van der Waals surface area contributed by atoms with Crippen molar-refractivity contribution in [1.29, 1.82) is 0 Å². The van der Waals surface area contributed by atoms with E-state index in [0.29, 0.717) is 5.69 Å². The number of rotatable bonds is 5. The first-order valence-electron chi connectivity index (χ1n) is 5.92. The first kappa shape index (κ1) is 15.6. The molecular weight excluding hydrogens is 264 g/mol. The number of nitro groups is 1. The van der Waals surface area contributed by atoms with Crippen molar-refractivity contribution in [3.63, 3.8) is 0 Å². The summed E-state index contributed by atoms with van der Waals surface area (Å²) in [5.41, 5.74) is 5.71. The van der Waals surface area contributed by atoms with Crippen molar-refractivity contribution in [3.8, 4) is 0 Å². The third-order valence-corrected chi connectivity index (χ3v) is 2.51. The van der Waals surface area contributed by atoms with Crippen LogP contribution in [0, 0.1) is 10.1 Å². The molecular formula is C12H16N4O4. The molecule has 20 heavy (non-hydrogen) atoms. The molecule has 1 rings (SSSR count). The van der Waals surface area contributed by atoms with Crippen LogP contribution in [0.3, 0.4) is 0 Å². The summed E-state index contributed by atoms with van der Waals surface area (Å²) in [6.07, 6.45) is 0.